The highest BCUT2D eigenvalue weighted by molar-refractivity contribution is 6.30. The van der Waals surface area contributed by atoms with Crippen LogP contribution in [0.2, 0.25) is 5.02 Å². The van der Waals surface area contributed by atoms with Crippen molar-refractivity contribution in [2.75, 3.05) is 0 Å². The molecule has 100 valence electrons. The molecule has 0 saturated carbocycles. The zero-order valence-electron chi connectivity index (χ0n) is 11.0. The smallest absolute Gasteiger partial charge is 0.123 e. The summed E-state index contributed by atoms with van der Waals surface area (Å²) in [6.45, 7) is 4.17. The molecule has 19 heavy (non-hydrogen) atoms. The Balaban J connectivity index is 2.03. The molecule has 0 amide bonds. The molecule has 1 N–H and O–H groups in total. The van der Waals surface area contributed by atoms with E-state index in [-0.39, 0.29) is 17.9 Å². The summed E-state index contributed by atoms with van der Waals surface area (Å²) in [6, 6.07) is 14.7. The SMILES string of the molecule is CC(N[C@H](C)c1ccc(Cl)cc1)c1ccc(F)cc1. The molecule has 1 nitrogen and oxygen atoms in total. The predicted molar refractivity (Wildman–Crippen MR) is 77.8 cm³/mol. The molecule has 2 aromatic carbocycles. The lowest BCUT2D eigenvalue weighted by atomic mass is 10.0. The molecule has 3 heteroatoms. The molecule has 0 saturated heterocycles. The van der Waals surface area contributed by atoms with Gasteiger partial charge in [0.15, 0.2) is 0 Å². The minimum Gasteiger partial charge on any atom is -0.304 e. The lowest BCUT2D eigenvalue weighted by molar-refractivity contribution is 0.494. The second-order valence-corrected chi connectivity index (χ2v) is 5.15. The van der Waals surface area contributed by atoms with Gasteiger partial charge in [0.05, 0.1) is 0 Å². The van der Waals surface area contributed by atoms with Gasteiger partial charge in [-0.15, -0.1) is 0 Å². The molecule has 0 aromatic heterocycles. The van der Waals surface area contributed by atoms with Gasteiger partial charge >= 0.3 is 0 Å². The van der Waals surface area contributed by atoms with Gasteiger partial charge in [0.2, 0.25) is 0 Å². The summed E-state index contributed by atoms with van der Waals surface area (Å²) >= 11 is 5.88. The molecule has 0 radical (unpaired) electrons. The first-order valence-electron chi connectivity index (χ1n) is 6.33. The Morgan fingerprint density at radius 1 is 0.842 bits per heavy atom. The average molecular weight is 278 g/mol. The topological polar surface area (TPSA) is 12.0 Å². The van der Waals surface area contributed by atoms with Crippen LogP contribution in [-0.2, 0) is 0 Å². The van der Waals surface area contributed by atoms with Gasteiger partial charge in [-0.05, 0) is 49.2 Å². The van der Waals surface area contributed by atoms with Gasteiger partial charge in [-0.2, -0.15) is 0 Å². The summed E-state index contributed by atoms with van der Waals surface area (Å²) in [6.07, 6.45) is 0. The van der Waals surface area contributed by atoms with E-state index in [9.17, 15) is 4.39 Å². The van der Waals surface area contributed by atoms with E-state index in [1.807, 2.05) is 36.4 Å². The maximum Gasteiger partial charge on any atom is 0.123 e. The summed E-state index contributed by atoms with van der Waals surface area (Å²) in [5, 5.41) is 4.22. The first-order valence-corrected chi connectivity index (χ1v) is 6.71. The quantitative estimate of drug-likeness (QED) is 0.839. The summed E-state index contributed by atoms with van der Waals surface area (Å²) < 4.78 is 12.9. The fourth-order valence-corrected chi connectivity index (χ4v) is 2.20. The third-order valence-electron chi connectivity index (χ3n) is 3.24. The fraction of sp³-hybridized carbons (Fsp3) is 0.250. The second kappa shape index (κ2) is 6.18. The number of benzene rings is 2. The van der Waals surface area contributed by atoms with Gasteiger partial charge in [-0.3, -0.25) is 0 Å². The van der Waals surface area contributed by atoms with Crippen LogP contribution in [0.1, 0.15) is 37.1 Å². The maximum atomic E-state index is 12.9. The van der Waals surface area contributed by atoms with E-state index in [1.165, 1.54) is 17.7 Å². The Bertz CT molecular complexity index is 472. The number of halogens is 2. The maximum absolute atomic E-state index is 12.9. The molecule has 0 spiro atoms. The van der Waals surface area contributed by atoms with E-state index < -0.39 is 0 Å². The van der Waals surface area contributed by atoms with Crippen LogP contribution >= 0.6 is 11.6 Å². The minimum absolute atomic E-state index is 0.159. The van der Waals surface area contributed by atoms with Crippen molar-refractivity contribution in [3.63, 3.8) is 0 Å². The highest BCUT2D eigenvalue weighted by Gasteiger charge is 2.11. The normalized spacial score (nSPS) is 14.1. The Labute approximate surface area is 118 Å². The van der Waals surface area contributed by atoms with Gasteiger partial charge in [0, 0.05) is 17.1 Å². The molecule has 0 fully saturated rings. The van der Waals surface area contributed by atoms with Crippen molar-refractivity contribution in [2.45, 2.75) is 25.9 Å². The molecule has 2 rings (SSSR count). The highest BCUT2D eigenvalue weighted by Crippen LogP contribution is 2.21. The molecule has 2 aromatic rings. The second-order valence-electron chi connectivity index (χ2n) is 4.71. The van der Waals surface area contributed by atoms with Crippen LogP contribution in [-0.4, -0.2) is 0 Å². The van der Waals surface area contributed by atoms with Crippen molar-refractivity contribution in [2.24, 2.45) is 0 Å². The van der Waals surface area contributed by atoms with Crippen molar-refractivity contribution in [1.82, 2.24) is 5.32 Å². The van der Waals surface area contributed by atoms with Crippen molar-refractivity contribution >= 4 is 11.6 Å². The van der Waals surface area contributed by atoms with Crippen LogP contribution in [0.5, 0.6) is 0 Å². The van der Waals surface area contributed by atoms with Crippen LogP contribution < -0.4 is 5.32 Å². The average Bonchev–Trinajstić information content (AvgIpc) is 2.40. The van der Waals surface area contributed by atoms with E-state index in [4.69, 9.17) is 11.6 Å². The molecule has 0 aliphatic carbocycles. The highest BCUT2D eigenvalue weighted by atomic mass is 35.5. The van der Waals surface area contributed by atoms with Crippen molar-refractivity contribution < 1.29 is 4.39 Å². The summed E-state index contributed by atoms with van der Waals surface area (Å²) in [4.78, 5) is 0. The largest absolute Gasteiger partial charge is 0.304 e. The molecular weight excluding hydrogens is 261 g/mol. The molecule has 0 aliphatic heterocycles. The van der Waals surface area contributed by atoms with E-state index >= 15 is 0 Å². The van der Waals surface area contributed by atoms with Crippen LogP contribution in [0.25, 0.3) is 0 Å². The third kappa shape index (κ3) is 3.79. The van der Waals surface area contributed by atoms with Gasteiger partial charge < -0.3 is 5.32 Å². The minimum atomic E-state index is -0.207. The molecule has 0 aliphatic rings. The van der Waals surface area contributed by atoms with Gasteiger partial charge in [0.1, 0.15) is 5.82 Å². The standard InChI is InChI=1S/C16H17ClFN/c1-11(13-3-7-15(17)8-4-13)19-12(2)14-5-9-16(18)10-6-14/h3-12,19H,1-2H3/t11-,12?/m1/s1. The summed E-state index contributed by atoms with van der Waals surface area (Å²) in [5.41, 5.74) is 2.25. The van der Waals surface area contributed by atoms with E-state index in [0.717, 1.165) is 10.6 Å². The Morgan fingerprint density at radius 2 is 1.26 bits per heavy atom. The van der Waals surface area contributed by atoms with E-state index in [1.54, 1.807) is 0 Å². The van der Waals surface area contributed by atoms with Gasteiger partial charge in [0.25, 0.3) is 0 Å². The monoisotopic (exact) mass is 277 g/mol. The summed E-state index contributed by atoms with van der Waals surface area (Å²) in [7, 11) is 0. The molecule has 1 unspecified atom stereocenters. The summed E-state index contributed by atoms with van der Waals surface area (Å²) in [5.74, 6) is -0.207. The number of hydrogen-bond donors (Lipinski definition) is 1. The first-order chi connectivity index (χ1) is 9.06. The Kier molecular flexibility index (Phi) is 4.56. The van der Waals surface area contributed by atoms with Crippen LogP contribution in [0.3, 0.4) is 0 Å². The van der Waals surface area contributed by atoms with Crippen molar-refractivity contribution in [3.8, 4) is 0 Å². The molecule has 2 atom stereocenters. The van der Waals surface area contributed by atoms with E-state index in [0.29, 0.717) is 0 Å². The first kappa shape index (κ1) is 14.0. The number of nitrogens with one attached hydrogen (secondary N) is 1. The number of hydrogen-bond acceptors (Lipinski definition) is 1. The predicted octanol–water partition coefficient (Wildman–Crippen LogP) is 4.89. The van der Waals surface area contributed by atoms with E-state index in [2.05, 4.69) is 19.2 Å². The van der Waals surface area contributed by atoms with Gasteiger partial charge in [-0.1, -0.05) is 35.9 Å². The fourth-order valence-electron chi connectivity index (χ4n) is 2.07. The zero-order chi connectivity index (χ0) is 13.8. The lowest BCUT2D eigenvalue weighted by Crippen LogP contribution is -2.22. The van der Waals surface area contributed by atoms with Crippen molar-refractivity contribution in [3.05, 3.63) is 70.5 Å². The third-order valence-corrected chi connectivity index (χ3v) is 3.49. The Hall–Kier alpha value is -1.38. The number of rotatable bonds is 4. The lowest BCUT2D eigenvalue weighted by Gasteiger charge is -2.21. The zero-order valence-corrected chi connectivity index (χ0v) is 11.8. The van der Waals surface area contributed by atoms with Crippen LogP contribution in [0.4, 0.5) is 4.39 Å². The van der Waals surface area contributed by atoms with Crippen molar-refractivity contribution in [1.29, 1.82) is 0 Å². The van der Waals surface area contributed by atoms with Crippen LogP contribution in [0, 0.1) is 5.82 Å². The Morgan fingerprint density at radius 3 is 1.74 bits per heavy atom. The van der Waals surface area contributed by atoms with Crippen LogP contribution in [0.15, 0.2) is 48.5 Å². The molecule has 0 heterocycles. The van der Waals surface area contributed by atoms with Gasteiger partial charge in [-0.25, -0.2) is 4.39 Å². The molecule has 0 bridgehead atoms. The molecular formula is C16H17ClFN.